The molecule has 1 aromatic carbocycles. The lowest BCUT2D eigenvalue weighted by Crippen LogP contribution is -2.35. The van der Waals surface area contributed by atoms with E-state index in [9.17, 15) is 9.59 Å². The SMILES string of the molecule is CCC[C@H](C)NC(=O)COC(=O)c1cc(Cl)cc(Cl)c1N. The lowest BCUT2D eigenvalue weighted by molar-refractivity contribution is -0.124. The van der Waals surface area contributed by atoms with Gasteiger partial charge in [-0.15, -0.1) is 0 Å². The Balaban J connectivity index is 2.60. The molecule has 0 aromatic heterocycles. The lowest BCUT2D eigenvalue weighted by Gasteiger charge is -2.13. The lowest BCUT2D eigenvalue weighted by atomic mass is 10.2. The third kappa shape index (κ3) is 5.44. The molecule has 1 atom stereocenters. The fraction of sp³-hybridized carbons (Fsp3) is 0.429. The molecule has 0 heterocycles. The van der Waals surface area contributed by atoms with Crippen LogP contribution in [0.5, 0.6) is 0 Å². The van der Waals surface area contributed by atoms with Crippen molar-refractivity contribution in [3.05, 3.63) is 27.7 Å². The highest BCUT2D eigenvalue weighted by molar-refractivity contribution is 6.37. The number of esters is 1. The van der Waals surface area contributed by atoms with E-state index < -0.39 is 5.97 Å². The fourth-order valence-corrected chi connectivity index (χ4v) is 2.28. The molecule has 0 aliphatic rings. The Labute approximate surface area is 133 Å². The molecule has 0 bridgehead atoms. The maximum atomic E-state index is 11.9. The van der Waals surface area contributed by atoms with Crippen molar-refractivity contribution in [2.75, 3.05) is 12.3 Å². The molecular formula is C14H18Cl2N2O3. The van der Waals surface area contributed by atoms with Crippen molar-refractivity contribution < 1.29 is 14.3 Å². The third-order valence-electron chi connectivity index (χ3n) is 2.78. The van der Waals surface area contributed by atoms with Crippen molar-refractivity contribution in [3.8, 4) is 0 Å². The van der Waals surface area contributed by atoms with E-state index in [2.05, 4.69) is 5.32 Å². The Morgan fingerprint density at radius 1 is 1.38 bits per heavy atom. The first-order valence-electron chi connectivity index (χ1n) is 6.56. The summed E-state index contributed by atoms with van der Waals surface area (Å²) in [4.78, 5) is 23.5. The van der Waals surface area contributed by atoms with Crippen LogP contribution in [0.15, 0.2) is 12.1 Å². The largest absolute Gasteiger partial charge is 0.452 e. The molecular weight excluding hydrogens is 315 g/mol. The van der Waals surface area contributed by atoms with Crippen LogP contribution in [0.25, 0.3) is 0 Å². The number of carbonyl (C=O) groups is 2. The Morgan fingerprint density at radius 2 is 2.05 bits per heavy atom. The fourth-order valence-electron chi connectivity index (χ4n) is 1.78. The summed E-state index contributed by atoms with van der Waals surface area (Å²) in [5, 5.41) is 3.15. The number of anilines is 1. The molecule has 0 saturated heterocycles. The number of nitrogen functional groups attached to an aromatic ring is 1. The van der Waals surface area contributed by atoms with Crippen molar-refractivity contribution in [1.82, 2.24) is 5.32 Å². The number of nitrogens with two attached hydrogens (primary N) is 1. The van der Waals surface area contributed by atoms with Gasteiger partial charge in [-0.1, -0.05) is 36.5 Å². The average Bonchev–Trinajstić information content (AvgIpc) is 2.40. The van der Waals surface area contributed by atoms with Crippen molar-refractivity contribution >= 4 is 40.8 Å². The minimum Gasteiger partial charge on any atom is -0.452 e. The standard InChI is InChI=1S/C14H18Cl2N2O3/c1-3-4-8(2)18-12(19)7-21-14(20)10-5-9(15)6-11(16)13(10)17/h5-6,8H,3-4,7,17H2,1-2H3,(H,18,19)/t8-/m0/s1. The van der Waals surface area contributed by atoms with Gasteiger partial charge in [-0.05, 0) is 25.5 Å². The van der Waals surface area contributed by atoms with E-state index in [0.717, 1.165) is 12.8 Å². The van der Waals surface area contributed by atoms with Gasteiger partial charge in [0.2, 0.25) is 0 Å². The number of benzene rings is 1. The van der Waals surface area contributed by atoms with Crippen LogP contribution in [-0.2, 0) is 9.53 Å². The summed E-state index contributed by atoms with van der Waals surface area (Å²) < 4.78 is 4.91. The van der Waals surface area contributed by atoms with E-state index in [4.69, 9.17) is 33.7 Å². The number of ether oxygens (including phenoxy) is 1. The minimum absolute atomic E-state index is 0.0342. The zero-order valence-electron chi connectivity index (χ0n) is 11.9. The van der Waals surface area contributed by atoms with E-state index in [-0.39, 0.29) is 39.9 Å². The van der Waals surface area contributed by atoms with Crippen molar-refractivity contribution in [1.29, 1.82) is 0 Å². The van der Waals surface area contributed by atoms with E-state index >= 15 is 0 Å². The van der Waals surface area contributed by atoms with Crippen LogP contribution < -0.4 is 11.1 Å². The van der Waals surface area contributed by atoms with E-state index in [1.54, 1.807) is 0 Å². The number of hydrogen-bond acceptors (Lipinski definition) is 4. The summed E-state index contributed by atoms with van der Waals surface area (Å²) >= 11 is 11.6. The van der Waals surface area contributed by atoms with Gasteiger partial charge < -0.3 is 15.8 Å². The quantitative estimate of drug-likeness (QED) is 0.619. The first-order valence-corrected chi connectivity index (χ1v) is 7.31. The molecule has 0 aliphatic heterocycles. The topological polar surface area (TPSA) is 81.4 Å². The predicted molar refractivity (Wildman–Crippen MR) is 83.7 cm³/mol. The van der Waals surface area contributed by atoms with Crippen LogP contribution in [0.1, 0.15) is 37.0 Å². The summed E-state index contributed by atoms with van der Waals surface area (Å²) in [6.07, 6.45) is 1.81. The maximum Gasteiger partial charge on any atom is 0.340 e. The summed E-state index contributed by atoms with van der Waals surface area (Å²) in [5.41, 5.74) is 5.81. The van der Waals surface area contributed by atoms with Gasteiger partial charge >= 0.3 is 5.97 Å². The van der Waals surface area contributed by atoms with Gasteiger partial charge in [0.25, 0.3) is 5.91 Å². The smallest absolute Gasteiger partial charge is 0.340 e. The highest BCUT2D eigenvalue weighted by Crippen LogP contribution is 2.27. The highest BCUT2D eigenvalue weighted by atomic mass is 35.5. The third-order valence-corrected chi connectivity index (χ3v) is 3.31. The second-order valence-corrected chi connectivity index (χ2v) is 5.53. The van der Waals surface area contributed by atoms with Gasteiger partial charge in [0.1, 0.15) is 0 Å². The molecule has 0 aliphatic carbocycles. The first-order chi connectivity index (χ1) is 9.85. The molecule has 0 fully saturated rings. The van der Waals surface area contributed by atoms with Crippen LogP contribution in [0.3, 0.4) is 0 Å². The van der Waals surface area contributed by atoms with Crippen LogP contribution in [-0.4, -0.2) is 24.5 Å². The average molecular weight is 333 g/mol. The van der Waals surface area contributed by atoms with Gasteiger partial charge in [-0.2, -0.15) is 0 Å². The van der Waals surface area contributed by atoms with Crippen molar-refractivity contribution in [2.24, 2.45) is 0 Å². The molecule has 116 valence electrons. The number of rotatable bonds is 6. The Kier molecular flexibility index (Phi) is 6.78. The van der Waals surface area contributed by atoms with Gasteiger partial charge in [0.05, 0.1) is 16.3 Å². The van der Waals surface area contributed by atoms with Crippen molar-refractivity contribution in [2.45, 2.75) is 32.7 Å². The molecule has 7 heteroatoms. The summed E-state index contributed by atoms with van der Waals surface area (Å²) in [5.74, 6) is -1.11. The normalized spacial score (nSPS) is 11.8. The molecule has 0 saturated carbocycles. The van der Waals surface area contributed by atoms with Crippen LogP contribution in [0.2, 0.25) is 10.0 Å². The Morgan fingerprint density at radius 3 is 2.67 bits per heavy atom. The predicted octanol–water partition coefficient (Wildman–Crippen LogP) is 3.04. The van der Waals surface area contributed by atoms with Crippen LogP contribution in [0.4, 0.5) is 5.69 Å². The molecule has 1 rings (SSSR count). The van der Waals surface area contributed by atoms with Gasteiger partial charge in [0.15, 0.2) is 6.61 Å². The minimum atomic E-state index is -0.741. The van der Waals surface area contributed by atoms with E-state index in [1.807, 2.05) is 13.8 Å². The Bertz CT molecular complexity index is 535. The molecule has 0 unspecified atom stereocenters. The van der Waals surface area contributed by atoms with E-state index in [0.29, 0.717) is 0 Å². The molecule has 1 aromatic rings. The zero-order chi connectivity index (χ0) is 16.0. The van der Waals surface area contributed by atoms with Crippen LogP contribution in [0, 0.1) is 0 Å². The highest BCUT2D eigenvalue weighted by Gasteiger charge is 2.17. The molecule has 0 spiro atoms. The second kappa shape index (κ2) is 8.10. The summed E-state index contributed by atoms with van der Waals surface area (Å²) in [7, 11) is 0. The number of carbonyl (C=O) groups excluding carboxylic acids is 2. The second-order valence-electron chi connectivity index (χ2n) is 4.68. The first kappa shape index (κ1) is 17.6. The number of nitrogens with one attached hydrogen (secondary N) is 1. The Hall–Kier alpha value is -1.46. The molecule has 1 amide bonds. The summed E-state index contributed by atoms with van der Waals surface area (Å²) in [6, 6.07) is 2.81. The number of amides is 1. The van der Waals surface area contributed by atoms with Crippen LogP contribution >= 0.6 is 23.2 Å². The van der Waals surface area contributed by atoms with E-state index in [1.165, 1.54) is 12.1 Å². The number of halogens is 2. The molecule has 0 radical (unpaired) electrons. The zero-order valence-corrected chi connectivity index (χ0v) is 13.4. The monoisotopic (exact) mass is 332 g/mol. The van der Waals surface area contributed by atoms with Crippen molar-refractivity contribution in [3.63, 3.8) is 0 Å². The van der Waals surface area contributed by atoms with Gasteiger partial charge in [0, 0.05) is 11.1 Å². The summed E-state index contributed by atoms with van der Waals surface area (Å²) in [6.45, 7) is 3.53. The van der Waals surface area contributed by atoms with Gasteiger partial charge in [-0.3, -0.25) is 4.79 Å². The molecule has 3 N–H and O–H groups in total. The maximum absolute atomic E-state index is 11.9. The molecule has 5 nitrogen and oxygen atoms in total. The number of hydrogen-bond donors (Lipinski definition) is 2. The van der Waals surface area contributed by atoms with Gasteiger partial charge in [-0.25, -0.2) is 4.79 Å². The molecule has 21 heavy (non-hydrogen) atoms.